The van der Waals surface area contributed by atoms with E-state index in [-0.39, 0.29) is 17.4 Å². The Morgan fingerprint density at radius 2 is 1.93 bits per heavy atom. The second kappa shape index (κ2) is 11.6. The maximum Gasteiger partial charge on any atom is 0.261 e. The summed E-state index contributed by atoms with van der Waals surface area (Å²) in [5.41, 5.74) is 5.02. The first kappa shape index (κ1) is 29.5. The first-order chi connectivity index (χ1) is 21.7. The maximum absolute atomic E-state index is 14.5. The van der Waals surface area contributed by atoms with E-state index < -0.39 is 0 Å². The molecule has 45 heavy (non-hydrogen) atoms. The van der Waals surface area contributed by atoms with E-state index in [1.807, 2.05) is 18.2 Å². The van der Waals surface area contributed by atoms with Crippen LogP contribution in [0.15, 0.2) is 76.8 Å². The molecule has 0 amide bonds. The molecule has 1 aromatic heterocycles. The smallest absolute Gasteiger partial charge is 0.261 e. The van der Waals surface area contributed by atoms with Gasteiger partial charge in [0.15, 0.2) is 5.96 Å². The summed E-state index contributed by atoms with van der Waals surface area (Å²) in [5.74, 6) is 2.99. The minimum Gasteiger partial charge on any atom is -0.497 e. The number of nitrogens with one attached hydrogen (secondary N) is 1. The Labute approximate surface area is 264 Å². The number of guanidine groups is 1. The highest BCUT2D eigenvalue weighted by Crippen LogP contribution is 2.61. The van der Waals surface area contributed by atoms with E-state index in [4.69, 9.17) is 9.73 Å². The number of aryl methyl sites for hydroxylation is 2. The summed E-state index contributed by atoms with van der Waals surface area (Å²) in [6, 6.07) is 19.5. The highest BCUT2D eigenvalue weighted by molar-refractivity contribution is 5.96. The number of halogens is 1. The van der Waals surface area contributed by atoms with Gasteiger partial charge in [0.1, 0.15) is 11.6 Å². The van der Waals surface area contributed by atoms with Gasteiger partial charge in [-0.3, -0.25) is 9.36 Å². The summed E-state index contributed by atoms with van der Waals surface area (Å²) in [7, 11) is 1.51. The van der Waals surface area contributed by atoms with Crippen LogP contribution in [0.3, 0.4) is 0 Å². The molecule has 0 unspecified atom stereocenters. The van der Waals surface area contributed by atoms with Gasteiger partial charge in [-0.05, 0) is 89.8 Å². The lowest BCUT2D eigenvalue weighted by atomic mass is 9.45. The van der Waals surface area contributed by atoms with Gasteiger partial charge in [-0.25, -0.2) is 14.4 Å². The van der Waals surface area contributed by atoms with Crippen LogP contribution in [0.25, 0.3) is 10.9 Å². The summed E-state index contributed by atoms with van der Waals surface area (Å²) in [5, 5.41) is 4.20. The Bertz CT molecular complexity index is 1830. The maximum atomic E-state index is 14.5. The fraction of sp³-hybridized carbons (Fsp3) is 0.432. The van der Waals surface area contributed by atoms with Crippen molar-refractivity contribution in [1.82, 2.24) is 14.5 Å². The molecule has 3 aromatic carbocycles. The molecular formula is C37H42FN5O2. The monoisotopic (exact) mass is 607 g/mol. The predicted octanol–water partition coefficient (Wildman–Crippen LogP) is 6.68. The minimum absolute atomic E-state index is 0.139. The molecule has 4 atom stereocenters. The average Bonchev–Trinajstić information content (AvgIpc) is 3.05. The Balaban J connectivity index is 1.14. The van der Waals surface area contributed by atoms with Crippen LogP contribution in [-0.2, 0) is 25.9 Å². The molecule has 4 aromatic rings. The van der Waals surface area contributed by atoms with Crippen LogP contribution in [0.5, 0.6) is 5.75 Å². The van der Waals surface area contributed by atoms with Crippen molar-refractivity contribution in [3.8, 4) is 5.75 Å². The molecule has 2 heterocycles. The second-order valence-electron chi connectivity index (χ2n) is 13.7. The second-order valence-corrected chi connectivity index (χ2v) is 13.7. The lowest BCUT2D eigenvalue weighted by Crippen LogP contribution is -2.56. The number of hydrogen-bond acceptors (Lipinski definition) is 4. The summed E-state index contributed by atoms with van der Waals surface area (Å²) >= 11 is 0. The summed E-state index contributed by atoms with van der Waals surface area (Å²) in [4.78, 5) is 25.8. The summed E-state index contributed by atoms with van der Waals surface area (Å²) in [6.07, 6.45) is 5.36. The van der Waals surface area contributed by atoms with Crippen LogP contribution in [0.4, 0.5) is 10.1 Å². The largest absolute Gasteiger partial charge is 0.497 e. The predicted molar refractivity (Wildman–Crippen MR) is 177 cm³/mol. The van der Waals surface area contributed by atoms with Gasteiger partial charge in [-0.15, -0.1) is 0 Å². The molecule has 8 heteroatoms. The number of aliphatic imine (C=N–C) groups is 1. The van der Waals surface area contributed by atoms with Gasteiger partial charge in [0.25, 0.3) is 5.56 Å². The third-order valence-corrected chi connectivity index (χ3v) is 11.0. The summed E-state index contributed by atoms with van der Waals surface area (Å²) < 4.78 is 21.1. The highest BCUT2D eigenvalue weighted by atomic mass is 19.1. The number of benzene rings is 3. The van der Waals surface area contributed by atoms with Crippen LogP contribution >= 0.6 is 0 Å². The van der Waals surface area contributed by atoms with E-state index in [9.17, 15) is 9.18 Å². The van der Waals surface area contributed by atoms with Crippen LogP contribution in [0.1, 0.15) is 50.3 Å². The molecule has 3 saturated carbocycles. The number of nitrogens with zero attached hydrogens (tertiary/aromatic N) is 4. The molecule has 0 radical (unpaired) electrons. The quantitative estimate of drug-likeness (QED) is 0.196. The zero-order chi connectivity index (χ0) is 31.3. The Morgan fingerprint density at radius 1 is 1.11 bits per heavy atom. The number of ether oxygens (including phenoxy) is 1. The van der Waals surface area contributed by atoms with Gasteiger partial charge >= 0.3 is 0 Å². The van der Waals surface area contributed by atoms with Gasteiger partial charge in [-0.1, -0.05) is 51.1 Å². The van der Waals surface area contributed by atoms with Gasteiger partial charge in [0.2, 0.25) is 0 Å². The lowest BCUT2D eigenvalue weighted by molar-refractivity contribution is -0.108. The van der Waals surface area contributed by atoms with Crippen molar-refractivity contribution in [1.29, 1.82) is 0 Å². The van der Waals surface area contributed by atoms with E-state index in [1.165, 1.54) is 30.7 Å². The number of aromatic nitrogens is 2. The fourth-order valence-corrected chi connectivity index (χ4v) is 7.94. The third-order valence-electron chi connectivity index (χ3n) is 11.0. The van der Waals surface area contributed by atoms with E-state index in [2.05, 4.69) is 60.2 Å². The van der Waals surface area contributed by atoms with Crippen molar-refractivity contribution in [3.05, 3.63) is 99.9 Å². The van der Waals surface area contributed by atoms with Crippen molar-refractivity contribution in [2.24, 2.45) is 28.2 Å². The highest BCUT2D eigenvalue weighted by Gasteiger charge is 2.56. The van der Waals surface area contributed by atoms with E-state index >= 15 is 0 Å². The molecule has 234 valence electrons. The molecule has 2 bridgehead atoms. The van der Waals surface area contributed by atoms with Gasteiger partial charge in [0.05, 0.1) is 30.4 Å². The van der Waals surface area contributed by atoms with E-state index in [0.717, 1.165) is 43.5 Å². The molecule has 8 rings (SSSR count). The van der Waals surface area contributed by atoms with Crippen molar-refractivity contribution in [2.75, 3.05) is 19.0 Å². The molecule has 0 spiro atoms. The van der Waals surface area contributed by atoms with Gasteiger partial charge in [-0.2, -0.15) is 0 Å². The normalized spacial score (nSPS) is 23.8. The summed E-state index contributed by atoms with van der Waals surface area (Å²) in [6.45, 7) is 9.27. The van der Waals surface area contributed by atoms with Gasteiger partial charge < -0.3 is 15.0 Å². The number of fused-ring (bicyclic) bond motifs is 4. The van der Waals surface area contributed by atoms with E-state index in [1.54, 1.807) is 23.0 Å². The van der Waals surface area contributed by atoms with E-state index in [0.29, 0.717) is 52.4 Å². The Kier molecular flexibility index (Phi) is 7.62. The number of methoxy groups -OCH3 is 1. The molecule has 3 aliphatic carbocycles. The molecule has 1 aliphatic heterocycles. The van der Waals surface area contributed by atoms with Crippen molar-refractivity contribution < 1.29 is 9.13 Å². The standard InChI is InChI=1S/C37H42FN5O2/c1-23-31-17-27(37(31,2)3)18-33(23)41-36(42-15-13-24-7-5-6-8-26(24)21-42)40-28-10-12-30-34(19-28)39-22-43(35(30)44)16-14-25-9-11-29(45-4)20-32(25)38/h5-12,19-20,22-23,27,31,33H,13-18,21H2,1-4H3,(H,40,41)/t23-,27-,31-,33+/m1/s1. The molecule has 3 fully saturated rings. The average molecular weight is 608 g/mol. The first-order valence-corrected chi connectivity index (χ1v) is 16.2. The SMILES string of the molecule is COc1ccc(CCn2cnc3cc(NC(=N[C@H]4C[C@H]5C[C@H]([C@H]4C)C5(C)C)N4CCc5ccccc5C4)ccc3c2=O)c(F)c1. The number of hydrogen-bond donors (Lipinski definition) is 1. The van der Waals surface area contributed by atoms with Crippen molar-refractivity contribution >= 4 is 22.5 Å². The van der Waals surface area contributed by atoms with Gasteiger partial charge in [0, 0.05) is 31.4 Å². The molecule has 1 N–H and O–H groups in total. The Hall–Kier alpha value is -4.20. The molecule has 0 saturated heterocycles. The van der Waals surface area contributed by atoms with Crippen LogP contribution in [0.2, 0.25) is 0 Å². The third kappa shape index (κ3) is 5.49. The fourth-order valence-electron chi connectivity index (χ4n) is 7.94. The topological polar surface area (TPSA) is 71.8 Å². The minimum atomic E-state index is -0.343. The zero-order valence-electron chi connectivity index (χ0n) is 26.6. The molecule has 4 aliphatic rings. The first-order valence-electron chi connectivity index (χ1n) is 16.2. The lowest BCUT2D eigenvalue weighted by Gasteiger charge is -2.61. The van der Waals surface area contributed by atoms with Crippen LogP contribution in [-0.4, -0.2) is 40.1 Å². The number of rotatable bonds is 6. The Morgan fingerprint density at radius 3 is 2.69 bits per heavy atom. The van der Waals surface area contributed by atoms with Crippen LogP contribution in [0, 0.1) is 29.0 Å². The zero-order valence-corrected chi connectivity index (χ0v) is 26.6. The van der Waals surface area contributed by atoms with Crippen molar-refractivity contribution in [2.45, 2.75) is 65.6 Å². The van der Waals surface area contributed by atoms with Crippen molar-refractivity contribution in [3.63, 3.8) is 0 Å². The molecular weight excluding hydrogens is 565 g/mol. The number of anilines is 1. The molecule has 7 nitrogen and oxygen atoms in total. The van der Waals surface area contributed by atoms with Crippen LogP contribution < -0.4 is 15.6 Å².